The fourth-order valence-corrected chi connectivity index (χ4v) is 3.37. The van der Waals surface area contributed by atoms with Crippen molar-refractivity contribution in [1.82, 2.24) is 4.90 Å². The van der Waals surface area contributed by atoms with E-state index in [1.165, 1.54) is 0 Å². The van der Waals surface area contributed by atoms with Crippen LogP contribution in [0.4, 0.5) is 0 Å². The molecule has 0 spiro atoms. The summed E-state index contributed by atoms with van der Waals surface area (Å²) >= 11 is 6.81. The third-order valence-corrected chi connectivity index (χ3v) is 5.09. The van der Waals surface area contributed by atoms with Gasteiger partial charge in [-0.3, -0.25) is 0 Å². The monoisotopic (exact) mass is 410 g/mol. The summed E-state index contributed by atoms with van der Waals surface area (Å²) in [6, 6.07) is 14.9. The number of nitrogens with zero attached hydrogens (tertiary/aromatic N) is 1. The van der Waals surface area contributed by atoms with Gasteiger partial charge in [-0.2, -0.15) is 0 Å². The van der Waals surface area contributed by atoms with Crippen LogP contribution in [0.3, 0.4) is 0 Å². The molecule has 0 saturated carbocycles. The Balaban J connectivity index is 2.05. The Morgan fingerprint density at radius 2 is 1.48 bits per heavy atom. The van der Waals surface area contributed by atoms with E-state index in [0.29, 0.717) is 12.2 Å². The van der Waals surface area contributed by atoms with Gasteiger partial charge in [-0.15, -0.1) is 0 Å². The minimum atomic E-state index is -0.448. The molecule has 0 aliphatic rings. The molecular weight excluding hydrogens is 378 g/mol. The minimum Gasteiger partial charge on any atom is -0.492 e. The molecule has 0 unspecified atom stereocenters. The molecule has 0 N–H and O–H groups in total. The highest BCUT2D eigenvalue weighted by Crippen LogP contribution is 2.35. The molecule has 0 saturated heterocycles. The van der Waals surface area contributed by atoms with E-state index < -0.39 is 18.1 Å². The minimum absolute atomic E-state index is 0.0222. The lowest BCUT2D eigenvalue weighted by atomic mass is 9.95. The van der Waals surface area contributed by atoms with Gasteiger partial charge in [0.25, 0.3) is 0 Å². The van der Waals surface area contributed by atoms with Crippen molar-refractivity contribution in [1.29, 1.82) is 0 Å². The molecule has 0 aromatic heterocycles. The van der Waals surface area contributed by atoms with Crippen LogP contribution in [0.1, 0.15) is 37.4 Å². The van der Waals surface area contributed by atoms with Crippen molar-refractivity contribution in [2.75, 3.05) is 26.2 Å². The van der Waals surface area contributed by atoms with Crippen LogP contribution < -0.4 is 4.74 Å². The highest BCUT2D eigenvalue weighted by molar-refractivity contribution is 6.53. The molecule has 0 amide bonds. The van der Waals surface area contributed by atoms with E-state index in [9.17, 15) is 0 Å². The van der Waals surface area contributed by atoms with E-state index in [1.54, 1.807) is 0 Å². The fraction of sp³-hybridized carbons (Fsp3) is 0.231. The van der Waals surface area contributed by atoms with Crippen molar-refractivity contribution in [2.45, 2.75) is 13.8 Å². The molecule has 0 radical (unpaired) electrons. The van der Waals surface area contributed by atoms with Crippen LogP contribution in [0, 0.1) is 0 Å². The molecule has 2 nitrogen and oxygen atoms in total. The zero-order valence-corrected chi connectivity index (χ0v) is 17.5. The maximum Gasteiger partial charge on any atom is 0.119 e. The molecule has 0 atom stereocenters. The highest BCUT2D eigenvalue weighted by Gasteiger charge is 2.12. The zero-order chi connectivity index (χ0) is 24.8. The van der Waals surface area contributed by atoms with Crippen molar-refractivity contribution in [3.8, 4) is 5.75 Å². The first-order chi connectivity index (χ1) is 16.3. The first-order valence-electron chi connectivity index (χ1n) is 12.3. The van der Waals surface area contributed by atoms with E-state index in [1.807, 2.05) is 54.6 Å². The van der Waals surface area contributed by atoms with Gasteiger partial charge in [0.15, 0.2) is 0 Å². The SMILES string of the molecule is [2H]c1c([2H])c([2H])c(/C(Cl)=C(\c2ccccc2)c2ccc(OCCN(CC)CC)cc2)c([2H])c1[2H]. The lowest BCUT2D eigenvalue weighted by Gasteiger charge is -2.18. The molecule has 3 heteroatoms. The Morgan fingerprint density at radius 3 is 2.10 bits per heavy atom. The Hall–Kier alpha value is -2.55. The van der Waals surface area contributed by atoms with Crippen LogP contribution in [-0.2, 0) is 0 Å². The summed E-state index contributed by atoms with van der Waals surface area (Å²) in [5.74, 6) is 0.724. The predicted octanol–water partition coefficient (Wildman–Crippen LogP) is 6.56. The van der Waals surface area contributed by atoms with E-state index >= 15 is 0 Å². The summed E-state index contributed by atoms with van der Waals surface area (Å²) < 4.78 is 46.5. The first kappa shape index (κ1) is 15.3. The molecule has 29 heavy (non-hydrogen) atoms. The summed E-state index contributed by atoms with van der Waals surface area (Å²) in [6.07, 6.45) is 0. The maximum atomic E-state index is 8.35. The summed E-state index contributed by atoms with van der Waals surface area (Å²) in [5, 5.41) is 0.0957. The molecule has 0 bridgehead atoms. The van der Waals surface area contributed by atoms with Gasteiger partial charge in [-0.05, 0) is 41.9 Å². The number of likely N-dealkylation sites (N-methyl/N-ethyl adjacent to an activating group) is 1. The maximum absolute atomic E-state index is 8.35. The van der Waals surface area contributed by atoms with Crippen molar-refractivity contribution in [3.63, 3.8) is 0 Å². The number of benzene rings is 3. The van der Waals surface area contributed by atoms with Gasteiger partial charge in [0.2, 0.25) is 0 Å². The summed E-state index contributed by atoms with van der Waals surface area (Å²) in [6.45, 7) is 7.60. The van der Waals surface area contributed by atoms with Crippen LogP contribution in [0.2, 0.25) is 0 Å². The average Bonchev–Trinajstić information content (AvgIpc) is 2.86. The molecule has 3 aromatic rings. The average molecular weight is 411 g/mol. The van der Waals surface area contributed by atoms with Gasteiger partial charge in [0, 0.05) is 12.1 Å². The number of halogens is 1. The summed E-state index contributed by atoms with van der Waals surface area (Å²) in [7, 11) is 0. The number of hydrogen-bond acceptors (Lipinski definition) is 2. The molecule has 0 fully saturated rings. The number of rotatable bonds is 9. The van der Waals surface area contributed by atoms with Crippen molar-refractivity contribution < 1.29 is 11.6 Å². The molecular formula is C26H28ClNO. The molecule has 0 aliphatic heterocycles. The highest BCUT2D eigenvalue weighted by atomic mass is 35.5. The largest absolute Gasteiger partial charge is 0.492 e. The Labute approximate surface area is 186 Å². The van der Waals surface area contributed by atoms with Crippen molar-refractivity contribution in [3.05, 3.63) is 101 Å². The van der Waals surface area contributed by atoms with Crippen molar-refractivity contribution >= 4 is 22.2 Å². The Kier molecular flexibility index (Phi) is 5.73. The lowest BCUT2D eigenvalue weighted by molar-refractivity contribution is 0.223. The third-order valence-electron chi connectivity index (χ3n) is 4.72. The second-order valence-corrected chi connectivity index (χ2v) is 6.83. The molecule has 150 valence electrons. The molecule has 0 aliphatic carbocycles. The third kappa shape index (κ3) is 5.72. The van der Waals surface area contributed by atoms with Crippen LogP contribution >= 0.6 is 11.6 Å². The van der Waals surface area contributed by atoms with Gasteiger partial charge < -0.3 is 9.64 Å². The summed E-state index contributed by atoms with van der Waals surface area (Å²) in [5.41, 5.74) is 2.08. The molecule has 0 heterocycles. The Bertz CT molecular complexity index is 1130. The van der Waals surface area contributed by atoms with Crippen molar-refractivity contribution in [2.24, 2.45) is 0 Å². The van der Waals surface area contributed by atoms with E-state index in [2.05, 4.69) is 18.7 Å². The molecule has 3 aromatic carbocycles. The topological polar surface area (TPSA) is 12.5 Å². The van der Waals surface area contributed by atoms with Gasteiger partial charge in [0.1, 0.15) is 12.4 Å². The smallest absolute Gasteiger partial charge is 0.119 e. The normalized spacial score (nSPS) is 14.4. The second kappa shape index (κ2) is 10.8. The van der Waals surface area contributed by atoms with Crippen LogP contribution in [0.15, 0.2) is 84.8 Å². The first-order valence-corrected chi connectivity index (χ1v) is 10.2. The van der Waals surface area contributed by atoms with Gasteiger partial charge in [-0.1, -0.05) is 98.1 Å². The summed E-state index contributed by atoms with van der Waals surface area (Å²) in [4.78, 5) is 2.28. The van der Waals surface area contributed by atoms with Gasteiger partial charge >= 0.3 is 0 Å². The standard InChI is InChI=1S/C26H28ClNO/c1-3-28(4-2)19-20-29-24-17-15-22(16-18-24)25(21-11-7-5-8-12-21)26(27)23-13-9-6-10-14-23/h5-18H,3-4,19-20H2,1-2H3/b26-25-/i6D,9D,10D,13D,14D. The van der Waals surface area contributed by atoms with E-state index in [4.69, 9.17) is 23.2 Å². The quantitative estimate of drug-likeness (QED) is 0.370. The van der Waals surface area contributed by atoms with E-state index in [0.717, 1.165) is 36.5 Å². The fourth-order valence-electron chi connectivity index (χ4n) is 3.06. The van der Waals surface area contributed by atoms with Crippen LogP contribution in [-0.4, -0.2) is 31.1 Å². The lowest BCUT2D eigenvalue weighted by Crippen LogP contribution is -2.27. The van der Waals surface area contributed by atoms with Crippen LogP contribution in [0.25, 0.3) is 10.6 Å². The second-order valence-electron chi connectivity index (χ2n) is 6.45. The zero-order valence-electron chi connectivity index (χ0n) is 21.8. The van der Waals surface area contributed by atoms with Crippen LogP contribution in [0.5, 0.6) is 5.75 Å². The van der Waals surface area contributed by atoms with Gasteiger partial charge in [-0.25, -0.2) is 0 Å². The Morgan fingerprint density at radius 1 is 0.862 bits per heavy atom. The van der Waals surface area contributed by atoms with Gasteiger partial charge in [0.05, 0.1) is 11.9 Å². The van der Waals surface area contributed by atoms with E-state index in [-0.39, 0.29) is 22.7 Å². The predicted molar refractivity (Wildman–Crippen MR) is 124 cm³/mol. The molecule has 3 rings (SSSR count). The number of ether oxygens (including phenoxy) is 1. The number of hydrogen-bond donors (Lipinski definition) is 0.